The molecule has 10 aromatic rings. The molecule has 0 N–H and O–H groups in total. The topological polar surface area (TPSA) is 16.4 Å². The highest BCUT2D eigenvalue weighted by Crippen LogP contribution is 2.48. The van der Waals surface area contributed by atoms with E-state index in [0.717, 1.165) is 55.7 Å². The fourth-order valence-corrected chi connectivity index (χ4v) is 7.80. The molecule has 1 heterocycles. The van der Waals surface area contributed by atoms with E-state index in [4.69, 9.17) is 4.42 Å². The van der Waals surface area contributed by atoms with Crippen LogP contribution in [0.5, 0.6) is 0 Å². The summed E-state index contributed by atoms with van der Waals surface area (Å²) < 4.78 is 6.51. The zero-order valence-electron chi connectivity index (χ0n) is 29.6. The highest BCUT2D eigenvalue weighted by atomic mass is 16.3. The lowest BCUT2D eigenvalue weighted by atomic mass is 9.94. The van der Waals surface area contributed by atoms with Gasteiger partial charge in [-0.25, -0.2) is 0 Å². The third kappa shape index (κ3) is 5.71. The molecule has 0 aliphatic carbocycles. The van der Waals surface area contributed by atoms with Gasteiger partial charge in [-0.2, -0.15) is 0 Å². The summed E-state index contributed by atoms with van der Waals surface area (Å²) in [6.45, 7) is 0. The Morgan fingerprint density at radius 1 is 0.315 bits per heavy atom. The van der Waals surface area contributed by atoms with Crippen molar-refractivity contribution in [2.75, 3.05) is 4.90 Å². The third-order valence-corrected chi connectivity index (χ3v) is 10.5. The molecular weight excluding hydrogens is 655 g/mol. The normalized spacial score (nSPS) is 11.3. The monoisotopic (exact) mass is 689 g/mol. The van der Waals surface area contributed by atoms with E-state index in [9.17, 15) is 0 Å². The number of nitrogens with zero attached hydrogens (tertiary/aromatic N) is 1. The summed E-state index contributed by atoms with van der Waals surface area (Å²) in [5.41, 5.74) is 14.3. The van der Waals surface area contributed by atoms with Crippen molar-refractivity contribution in [3.05, 3.63) is 212 Å². The molecule has 0 spiro atoms. The van der Waals surface area contributed by atoms with Crippen LogP contribution in [0.25, 0.3) is 77.2 Å². The van der Waals surface area contributed by atoms with Gasteiger partial charge < -0.3 is 9.32 Å². The smallest absolute Gasteiger partial charge is 0.136 e. The molecular formula is C52H35NO. The summed E-state index contributed by atoms with van der Waals surface area (Å²) in [6.07, 6.45) is 0. The van der Waals surface area contributed by atoms with E-state index >= 15 is 0 Å². The van der Waals surface area contributed by atoms with E-state index in [2.05, 4.69) is 211 Å². The van der Waals surface area contributed by atoms with Crippen LogP contribution in [-0.4, -0.2) is 0 Å². The molecule has 9 aromatic carbocycles. The van der Waals surface area contributed by atoms with Crippen LogP contribution >= 0.6 is 0 Å². The first kappa shape index (κ1) is 31.6. The molecule has 0 unspecified atom stereocenters. The molecule has 54 heavy (non-hydrogen) atoms. The van der Waals surface area contributed by atoms with E-state index in [0.29, 0.717) is 0 Å². The second-order valence-corrected chi connectivity index (χ2v) is 13.7. The molecule has 0 fully saturated rings. The van der Waals surface area contributed by atoms with Crippen molar-refractivity contribution in [3.8, 4) is 44.5 Å². The van der Waals surface area contributed by atoms with Crippen molar-refractivity contribution in [3.63, 3.8) is 0 Å². The Labute approximate surface area is 314 Å². The molecule has 0 radical (unpaired) electrons. The van der Waals surface area contributed by atoms with Crippen molar-refractivity contribution >= 4 is 49.8 Å². The standard InChI is InChI=1S/C52H35NO/c1-3-12-36(13-4-1)39-22-25-41(26-23-39)51-48(32-33-50-52(51)47-20-9-10-21-49(47)54-50)53(45-30-28-40(29-31-45)37-14-5-2-6-15-37)46-19-11-18-43(35-46)44-27-24-38-16-7-8-17-42(38)34-44/h1-35H. The molecule has 2 heteroatoms. The maximum atomic E-state index is 6.51. The van der Waals surface area contributed by atoms with E-state index in [1.807, 2.05) is 6.07 Å². The number of furan rings is 1. The molecule has 10 rings (SSSR count). The fraction of sp³-hybridized carbons (Fsp3) is 0. The summed E-state index contributed by atoms with van der Waals surface area (Å²) in [5, 5.41) is 4.67. The van der Waals surface area contributed by atoms with Crippen molar-refractivity contribution in [2.24, 2.45) is 0 Å². The first-order valence-electron chi connectivity index (χ1n) is 18.4. The average Bonchev–Trinajstić information content (AvgIpc) is 3.63. The molecule has 0 aliphatic rings. The molecule has 0 atom stereocenters. The van der Waals surface area contributed by atoms with Crippen LogP contribution in [0.15, 0.2) is 217 Å². The zero-order valence-corrected chi connectivity index (χ0v) is 29.6. The van der Waals surface area contributed by atoms with Gasteiger partial charge in [0.1, 0.15) is 11.2 Å². The number of benzene rings is 9. The second kappa shape index (κ2) is 13.4. The van der Waals surface area contributed by atoms with Crippen molar-refractivity contribution in [2.45, 2.75) is 0 Å². The number of fused-ring (bicyclic) bond motifs is 4. The number of para-hydroxylation sites is 1. The van der Waals surface area contributed by atoms with Crippen LogP contribution in [0.4, 0.5) is 17.1 Å². The van der Waals surface area contributed by atoms with Crippen molar-refractivity contribution in [1.29, 1.82) is 0 Å². The van der Waals surface area contributed by atoms with Crippen LogP contribution in [0.2, 0.25) is 0 Å². The lowest BCUT2D eigenvalue weighted by molar-refractivity contribution is 0.669. The Morgan fingerprint density at radius 3 is 1.61 bits per heavy atom. The molecule has 0 saturated heterocycles. The maximum Gasteiger partial charge on any atom is 0.136 e. The molecule has 0 amide bonds. The van der Waals surface area contributed by atoms with E-state index < -0.39 is 0 Å². The molecule has 0 saturated carbocycles. The second-order valence-electron chi connectivity index (χ2n) is 13.7. The lowest BCUT2D eigenvalue weighted by Gasteiger charge is -2.29. The highest BCUT2D eigenvalue weighted by molar-refractivity contribution is 6.16. The lowest BCUT2D eigenvalue weighted by Crippen LogP contribution is -2.11. The maximum absolute atomic E-state index is 6.51. The summed E-state index contributed by atoms with van der Waals surface area (Å²) in [7, 11) is 0. The van der Waals surface area contributed by atoms with Gasteiger partial charge in [0, 0.05) is 27.7 Å². The molecule has 0 aliphatic heterocycles. The van der Waals surface area contributed by atoms with Gasteiger partial charge >= 0.3 is 0 Å². The minimum atomic E-state index is 0.867. The first-order chi connectivity index (χ1) is 26.8. The van der Waals surface area contributed by atoms with E-state index in [-0.39, 0.29) is 0 Å². The van der Waals surface area contributed by atoms with E-state index in [1.165, 1.54) is 38.6 Å². The summed E-state index contributed by atoms with van der Waals surface area (Å²) in [5.74, 6) is 0. The van der Waals surface area contributed by atoms with E-state index in [1.54, 1.807) is 0 Å². The quantitative estimate of drug-likeness (QED) is 0.166. The SMILES string of the molecule is c1ccc(-c2ccc(-c3c(N(c4ccc(-c5ccccc5)cc4)c4cccc(-c5ccc6ccccc6c5)c4)ccc4oc5ccccc5c34)cc2)cc1. The van der Waals surface area contributed by atoms with Crippen LogP contribution < -0.4 is 4.90 Å². The van der Waals surface area contributed by atoms with Gasteiger partial charge in [-0.1, -0.05) is 164 Å². The predicted molar refractivity (Wildman–Crippen MR) is 228 cm³/mol. The van der Waals surface area contributed by atoms with Gasteiger partial charge in [-0.15, -0.1) is 0 Å². The number of rotatable bonds is 7. The zero-order chi connectivity index (χ0) is 35.8. The number of hydrogen-bond acceptors (Lipinski definition) is 2. The summed E-state index contributed by atoms with van der Waals surface area (Å²) in [6, 6.07) is 75.9. The van der Waals surface area contributed by atoms with Crippen LogP contribution in [0.1, 0.15) is 0 Å². The van der Waals surface area contributed by atoms with Gasteiger partial charge in [0.05, 0.1) is 5.69 Å². The van der Waals surface area contributed by atoms with Gasteiger partial charge in [-0.05, 0) is 98.2 Å². The van der Waals surface area contributed by atoms with Crippen LogP contribution in [-0.2, 0) is 0 Å². The minimum Gasteiger partial charge on any atom is -0.456 e. The average molecular weight is 690 g/mol. The molecule has 1 aromatic heterocycles. The molecule has 2 nitrogen and oxygen atoms in total. The molecule has 254 valence electrons. The van der Waals surface area contributed by atoms with Gasteiger partial charge in [0.15, 0.2) is 0 Å². The van der Waals surface area contributed by atoms with Gasteiger partial charge in [-0.3, -0.25) is 0 Å². The first-order valence-corrected chi connectivity index (χ1v) is 18.4. The third-order valence-electron chi connectivity index (χ3n) is 10.5. The molecule has 0 bridgehead atoms. The van der Waals surface area contributed by atoms with Crippen molar-refractivity contribution < 1.29 is 4.42 Å². The Balaban J connectivity index is 1.20. The largest absolute Gasteiger partial charge is 0.456 e. The summed E-state index contributed by atoms with van der Waals surface area (Å²) in [4.78, 5) is 2.40. The predicted octanol–water partition coefficient (Wildman–Crippen LogP) is 14.9. The van der Waals surface area contributed by atoms with Gasteiger partial charge in [0.2, 0.25) is 0 Å². The highest BCUT2D eigenvalue weighted by Gasteiger charge is 2.23. The number of anilines is 3. The van der Waals surface area contributed by atoms with Crippen molar-refractivity contribution in [1.82, 2.24) is 0 Å². The summed E-state index contributed by atoms with van der Waals surface area (Å²) >= 11 is 0. The Kier molecular flexibility index (Phi) is 7.85. The Hall–Kier alpha value is -7.16. The van der Waals surface area contributed by atoms with Gasteiger partial charge in [0.25, 0.3) is 0 Å². The van der Waals surface area contributed by atoms with Crippen LogP contribution in [0, 0.1) is 0 Å². The minimum absolute atomic E-state index is 0.867. The Bertz CT molecular complexity index is 2910. The number of hydrogen-bond donors (Lipinski definition) is 0. The van der Waals surface area contributed by atoms with Crippen LogP contribution in [0.3, 0.4) is 0 Å². The fourth-order valence-electron chi connectivity index (χ4n) is 7.80. The Morgan fingerprint density at radius 2 is 0.870 bits per heavy atom.